The van der Waals surface area contributed by atoms with E-state index >= 15 is 0 Å². The SMILES string of the molecule is Cc1cccc(C(C)C)c1NC(=O)CSc1nnc(-c2ccccc2Cl)o1. The molecule has 0 unspecified atom stereocenters. The summed E-state index contributed by atoms with van der Waals surface area (Å²) in [7, 11) is 0. The Balaban J connectivity index is 1.65. The average Bonchev–Trinajstić information content (AvgIpc) is 3.10. The zero-order chi connectivity index (χ0) is 19.4. The first-order valence-corrected chi connectivity index (χ1v) is 9.92. The minimum absolute atomic E-state index is 0.117. The summed E-state index contributed by atoms with van der Waals surface area (Å²) in [5.74, 6) is 0.718. The summed E-state index contributed by atoms with van der Waals surface area (Å²) in [5, 5.41) is 11.9. The predicted octanol–water partition coefficient (Wildman–Crippen LogP) is 5.55. The van der Waals surface area contributed by atoms with Crippen molar-refractivity contribution in [1.29, 1.82) is 0 Å². The number of carbonyl (C=O) groups excluding carboxylic acids is 1. The Kier molecular flexibility index (Phi) is 6.19. The number of thioether (sulfide) groups is 1. The molecule has 3 aromatic rings. The summed E-state index contributed by atoms with van der Waals surface area (Å²) in [6.07, 6.45) is 0. The van der Waals surface area contributed by atoms with Crippen LogP contribution in [0.2, 0.25) is 5.02 Å². The van der Waals surface area contributed by atoms with Gasteiger partial charge in [-0.3, -0.25) is 4.79 Å². The molecule has 0 aliphatic rings. The predicted molar refractivity (Wildman–Crippen MR) is 109 cm³/mol. The molecule has 0 bridgehead atoms. The highest BCUT2D eigenvalue weighted by Crippen LogP contribution is 2.30. The van der Waals surface area contributed by atoms with Crippen LogP contribution in [0.15, 0.2) is 52.1 Å². The number of hydrogen-bond donors (Lipinski definition) is 1. The van der Waals surface area contributed by atoms with Crippen LogP contribution in [-0.2, 0) is 4.79 Å². The summed E-state index contributed by atoms with van der Waals surface area (Å²) in [5.41, 5.74) is 3.70. The molecule has 0 radical (unpaired) electrons. The molecule has 5 nitrogen and oxygen atoms in total. The molecule has 27 heavy (non-hydrogen) atoms. The van der Waals surface area contributed by atoms with Gasteiger partial charge in [0, 0.05) is 5.69 Å². The second-order valence-corrected chi connectivity index (χ2v) is 7.72. The molecule has 7 heteroatoms. The largest absolute Gasteiger partial charge is 0.411 e. The van der Waals surface area contributed by atoms with E-state index in [1.807, 2.05) is 43.3 Å². The van der Waals surface area contributed by atoms with E-state index in [2.05, 4.69) is 29.4 Å². The minimum Gasteiger partial charge on any atom is -0.411 e. The van der Waals surface area contributed by atoms with Crippen molar-refractivity contribution in [2.45, 2.75) is 31.9 Å². The van der Waals surface area contributed by atoms with Gasteiger partial charge < -0.3 is 9.73 Å². The normalized spacial score (nSPS) is 11.0. The van der Waals surface area contributed by atoms with Crippen molar-refractivity contribution in [3.05, 3.63) is 58.6 Å². The highest BCUT2D eigenvalue weighted by molar-refractivity contribution is 7.99. The van der Waals surface area contributed by atoms with E-state index in [1.165, 1.54) is 11.8 Å². The fraction of sp³-hybridized carbons (Fsp3) is 0.250. The van der Waals surface area contributed by atoms with E-state index in [-0.39, 0.29) is 11.7 Å². The van der Waals surface area contributed by atoms with Crippen molar-refractivity contribution in [3.8, 4) is 11.5 Å². The molecule has 0 atom stereocenters. The Labute approximate surface area is 167 Å². The summed E-state index contributed by atoms with van der Waals surface area (Å²) in [4.78, 5) is 12.4. The first-order chi connectivity index (χ1) is 13.0. The van der Waals surface area contributed by atoms with Gasteiger partial charge in [-0.05, 0) is 36.1 Å². The number of anilines is 1. The zero-order valence-corrected chi connectivity index (χ0v) is 16.9. The van der Waals surface area contributed by atoms with Gasteiger partial charge in [0.1, 0.15) is 0 Å². The second-order valence-electron chi connectivity index (χ2n) is 6.38. The Bertz CT molecular complexity index is 956. The number of carbonyl (C=O) groups is 1. The number of hydrogen-bond acceptors (Lipinski definition) is 5. The minimum atomic E-state index is -0.117. The van der Waals surface area contributed by atoms with Crippen LogP contribution in [0.4, 0.5) is 5.69 Å². The lowest BCUT2D eigenvalue weighted by molar-refractivity contribution is -0.113. The molecule has 1 amide bonds. The van der Waals surface area contributed by atoms with Crippen LogP contribution >= 0.6 is 23.4 Å². The number of amides is 1. The molecule has 0 saturated heterocycles. The third kappa shape index (κ3) is 4.70. The maximum absolute atomic E-state index is 12.4. The fourth-order valence-corrected chi connectivity index (χ4v) is 3.44. The van der Waals surface area contributed by atoms with E-state index in [1.54, 1.807) is 6.07 Å². The highest BCUT2D eigenvalue weighted by atomic mass is 35.5. The fourth-order valence-electron chi connectivity index (χ4n) is 2.66. The van der Waals surface area contributed by atoms with Crippen molar-refractivity contribution in [1.82, 2.24) is 10.2 Å². The van der Waals surface area contributed by atoms with Crippen molar-refractivity contribution < 1.29 is 9.21 Å². The van der Waals surface area contributed by atoms with Gasteiger partial charge in [0.25, 0.3) is 5.22 Å². The topological polar surface area (TPSA) is 68.0 Å². The van der Waals surface area contributed by atoms with Crippen LogP contribution in [0.3, 0.4) is 0 Å². The lowest BCUT2D eigenvalue weighted by Gasteiger charge is -2.16. The number of para-hydroxylation sites is 1. The monoisotopic (exact) mass is 401 g/mol. The molecule has 2 aromatic carbocycles. The maximum atomic E-state index is 12.4. The van der Waals surface area contributed by atoms with Crippen LogP contribution < -0.4 is 5.32 Å². The molecule has 1 heterocycles. The first-order valence-electron chi connectivity index (χ1n) is 8.56. The number of nitrogens with one attached hydrogen (secondary N) is 1. The number of aromatic nitrogens is 2. The van der Waals surface area contributed by atoms with Crippen LogP contribution in [0.25, 0.3) is 11.5 Å². The molecule has 0 aliphatic carbocycles. The Morgan fingerprint density at radius 2 is 1.96 bits per heavy atom. The van der Waals surface area contributed by atoms with Gasteiger partial charge in [-0.25, -0.2) is 0 Å². The zero-order valence-electron chi connectivity index (χ0n) is 15.3. The summed E-state index contributed by atoms with van der Waals surface area (Å²) < 4.78 is 5.61. The van der Waals surface area contributed by atoms with Crippen molar-refractivity contribution >= 4 is 35.0 Å². The van der Waals surface area contributed by atoms with E-state index in [9.17, 15) is 4.79 Å². The molecular weight excluding hydrogens is 382 g/mol. The van der Waals surface area contributed by atoms with Gasteiger partial charge in [-0.2, -0.15) is 0 Å². The summed E-state index contributed by atoms with van der Waals surface area (Å²) in [6, 6.07) is 13.3. The molecule has 0 aliphatic heterocycles. The first kappa shape index (κ1) is 19.5. The van der Waals surface area contributed by atoms with Crippen LogP contribution in [-0.4, -0.2) is 21.9 Å². The van der Waals surface area contributed by atoms with Crippen molar-refractivity contribution in [2.24, 2.45) is 0 Å². The smallest absolute Gasteiger partial charge is 0.277 e. The van der Waals surface area contributed by atoms with E-state index in [4.69, 9.17) is 16.0 Å². The number of benzene rings is 2. The number of rotatable bonds is 6. The van der Waals surface area contributed by atoms with E-state index in [0.29, 0.717) is 27.6 Å². The van der Waals surface area contributed by atoms with E-state index in [0.717, 1.165) is 16.8 Å². The maximum Gasteiger partial charge on any atom is 0.277 e. The van der Waals surface area contributed by atoms with Gasteiger partial charge >= 0.3 is 0 Å². The van der Waals surface area contributed by atoms with Gasteiger partial charge in [0.15, 0.2) is 0 Å². The van der Waals surface area contributed by atoms with Gasteiger partial charge in [0.2, 0.25) is 11.8 Å². The molecule has 0 saturated carbocycles. The second kappa shape index (κ2) is 8.59. The Morgan fingerprint density at radius 1 is 1.19 bits per heavy atom. The van der Waals surface area contributed by atoms with Crippen LogP contribution in [0.5, 0.6) is 0 Å². The molecular formula is C20H20ClN3O2S. The molecule has 0 spiro atoms. The summed E-state index contributed by atoms with van der Waals surface area (Å²) >= 11 is 7.34. The summed E-state index contributed by atoms with van der Waals surface area (Å²) in [6.45, 7) is 6.20. The standard InChI is InChI=1S/C20H20ClN3O2S/c1-12(2)14-9-6-7-13(3)18(14)22-17(25)11-27-20-24-23-19(26-20)15-8-4-5-10-16(15)21/h4-10,12H,11H2,1-3H3,(H,22,25). The van der Waals surface area contributed by atoms with Gasteiger partial charge in [-0.15, -0.1) is 10.2 Å². The van der Waals surface area contributed by atoms with Crippen LogP contribution in [0.1, 0.15) is 30.9 Å². The molecule has 140 valence electrons. The third-order valence-electron chi connectivity index (χ3n) is 4.03. The molecule has 3 rings (SSSR count). The number of nitrogens with zero attached hydrogens (tertiary/aromatic N) is 2. The van der Waals surface area contributed by atoms with Crippen molar-refractivity contribution in [2.75, 3.05) is 11.1 Å². The highest BCUT2D eigenvalue weighted by Gasteiger charge is 2.15. The Morgan fingerprint density at radius 3 is 2.70 bits per heavy atom. The third-order valence-corrected chi connectivity index (χ3v) is 5.18. The molecule has 1 aromatic heterocycles. The number of aryl methyl sites for hydroxylation is 1. The van der Waals surface area contributed by atoms with E-state index < -0.39 is 0 Å². The number of halogens is 1. The average molecular weight is 402 g/mol. The van der Waals surface area contributed by atoms with Crippen molar-refractivity contribution in [3.63, 3.8) is 0 Å². The molecule has 1 N–H and O–H groups in total. The van der Waals surface area contributed by atoms with Gasteiger partial charge in [0.05, 0.1) is 16.3 Å². The lowest BCUT2D eigenvalue weighted by atomic mass is 9.98. The lowest BCUT2D eigenvalue weighted by Crippen LogP contribution is -2.16. The van der Waals surface area contributed by atoms with Crippen LogP contribution in [0, 0.1) is 6.92 Å². The van der Waals surface area contributed by atoms with Gasteiger partial charge in [-0.1, -0.05) is 67.5 Å². The quantitative estimate of drug-likeness (QED) is 0.548. The molecule has 0 fully saturated rings. The Hall–Kier alpha value is -2.31.